The van der Waals surface area contributed by atoms with Gasteiger partial charge in [-0.1, -0.05) is 17.7 Å². The predicted octanol–water partition coefficient (Wildman–Crippen LogP) is 1.92. The predicted molar refractivity (Wildman–Crippen MR) is 69.8 cm³/mol. The van der Waals surface area contributed by atoms with Crippen LogP contribution in [0.25, 0.3) is 5.69 Å². The fourth-order valence-corrected chi connectivity index (χ4v) is 2.51. The Hall–Kier alpha value is -2.14. The highest BCUT2D eigenvalue weighted by Gasteiger charge is 2.27. The van der Waals surface area contributed by atoms with Gasteiger partial charge in [0, 0.05) is 7.05 Å². The van der Waals surface area contributed by atoms with Crippen LogP contribution in [0.15, 0.2) is 24.5 Å². The largest absolute Gasteiger partial charge is 0.336 e. The van der Waals surface area contributed by atoms with E-state index in [1.54, 1.807) is 36.1 Å². The van der Waals surface area contributed by atoms with Gasteiger partial charge in [0.05, 0.1) is 28.5 Å². The normalized spacial score (nSPS) is 13.8. The van der Waals surface area contributed by atoms with Gasteiger partial charge in [-0.15, -0.1) is 0 Å². The molecule has 0 fully saturated rings. The van der Waals surface area contributed by atoms with Crippen LogP contribution < -0.4 is 0 Å². The third-order valence-electron chi connectivity index (χ3n) is 3.21. The number of halogens is 1. The Morgan fingerprint density at radius 2 is 2.21 bits per heavy atom. The first kappa shape index (κ1) is 11.9. The summed E-state index contributed by atoms with van der Waals surface area (Å²) in [5.74, 6) is -0.166. The van der Waals surface area contributed by atoms with E-state index in [4.69, 9.17) is 11.6 Å². The Morgan fingerprint density at radius 1 is 1.42 bits per heavy atom. The standard InChI is InChI=1S/C13H10ClN3O2/c1-16-5-11-9(6-18)15-7-17(11)10-4-2-3-8(14)12(10)13(16)19/h2-4,6-7H,5H2,1H3. The SMILES string of the molecule is CN1Cc2c(C=O)ncn2-c2cccc(Cl)c2C1=O. The van der Waals surface area contributed by atoms with E-state index in [0.29, 0.717) is 40.5 Å². The highest BCUT2D eigenvalue weighted by molar-refractivity contribution is 6.34. The number of rotatable bonds is 1. The van der Waals surface area contributed by atoms with E-state index in [0.717, 1.165) is 0 Å². The van der Waals surface area contributed by atoms with Crippen molar-refractivity contribution < 1.29 is 9.59 Å². The number of carbonyl (C=O) groups excluding carboxylic acids is 2. The van der Waals surface area contributed by atoms with Crippen LogP contribution in [0.1, 0.15) is 26.5 Å². The number of aldehydes is 1. The molecule has 0 radical (unpaired) electrons. The minimum atomic E-state index is -0.166. The lowest BCUT2D eigenvalue weighted by molar-refractivity contribution is 0.0787. The molecule has 0 aliphatic carbocycles. The molecule has 0 N–H and O–H groups in total. The molecule has 5 nitrogen and oxygen atoms in total. The minimum absolute atomic E-state index is 0.166. The Labute approximate surface area is 114 Å². The summed E-state index contributed by atoms with van der Waals surface area (Å²) in [5, 5.41) is 0.392. The molecule has 6 heteroatoms. The lowest BCUT2D eigenvalue weighted by Gasteiger charge is -2.14. The molecule has 2 heterocycles. The van der Waals surface area contributed by atoms with Gasteiger partial charge in [-0.25, -0.2) is 4.98 Å². The van der Waals surface area contributed by atoms with Crippen molar-refractivity contribution in [1.29, 1.82) is 0 Å². The second kappa shape index (κ2) is 4.20. The monoisotopic (exact) mass is 275 g/mol. The summed E-state index contributed by atoms with van der Waals surface area (Å²) in [5.41, 5.74) is 2.11. The highest BCUT2D eigenvalue weighted by atomic mass is 35.5. The van der Waals surface area contributed by atoms with E-state index in [2.05, 4.69) is 4.98 Å². The summed E-state index contributed by atoms with van der Waals surface area (Å²) in [4.78, 5) is 28.9. The molecule has 0 unspecified atom stereocenters. The van der Waals surface area contributed by atoms with E-state index in [1.807, 2.05) is 0 Å². The summed E-state index contributed by atoms with van der Waals surface area (Å²) in [6, 6.07) is 5.23. The molecule has 1 aromatic carbocycles. The van der Waals surface area contributed by atoms with Crippen molar-refractivity contribution in [2.45, 2.75) is 6.54 Å². The number of nitrogens with zero attached hydrogens (tertiary/aromatic N) is 3. The molecule has 2 aromatic rings. The van der Waals surface area contributed by atoms with Gasteiger partial charge in [0.2, 0.25) is 0 Å². The Balaban J connectivity index is 2.36. The van der Waals surface area contributed by atoms with Crippen LogP contribution in [-0.4, -0.2) is 33.7 Å². The second-order valence-corrected chi connectivity index (χ2v) is 4.77. The molecule has 96 valence electrons. The fraction of sp³-hybridized carbons (Fsp3) is 0.154. The highest BCUT2D eigenvalue weighted by Crippen LogP contribution is 2.29. The first-order valence-corrected chi connectivity index (χ1v) is 6.07. The van der Waals surface area contributed by atoms with Crippen molar-refractivity contribution in [3.63, 3.8) is 0 Å². The third kappa shape index (κ3) is 1.66. The molecule has 0 spiro atoms. The van der Waals surface area contributed by atoms with E-state index in [-0.39, 0.29) is 5.91 Å². The van der Waals surface area contributed by atoms with Gasteiger partial charge in [-0.2, -0.15) is 0 Å². The zero-order chi connectivity index (χ0) is 13.6. The molecule has 0 atom stereocenters. The number of carbonyl (C=O) groups is 2. The zero-order valence-corrected chi connectivity index (χ0v) is 10.9. The number of aromatic nitrogens is 2. The van der Waals surface area contributed by atoms with Crippen LogP contribution in [0.5, 0.6) is 0 Å². The van der Waals surface area contributed by atoms with Gasteiger partial charge in [-0.05, 0) is 12.1 Å². The summed E-state index contributed by atoms with van der Waals surface area (Å²) in [6.45, 7) is 0.317. The smallest absolute Gasteiger partial charge is 0.257 e. The summed E-state index contributed by atoms with van der Waals surface area (Å²) < 4.78 is 1.74. The molecule has 1 amide bonds. The van der Waals surface area contributed by atoms with E-state index >= 15 is 0 Å². The van der Waals surface area contributed by atoms with Crippen molar-refractivity contribution in [2.75, 3.05) is 7.05 Å². The minimum Gasteiger partial charge on any atom is -0.336 e. The molecule has 1 aliphatic rings. The maximum atomic E-state index is 12.3. The van der Waals surface area contributed by atoms with Gasteiger partial charge < -0.3 is 4.90 Å². The van der Waals surface area contributed by atoms with Crippen LogP contribution in [0, 0.1) is 0 Å². The molecule has 19 heavy (non-hydrogen) atoms. The first-order valence-electron chi connectivity index (χ1n) is 5.69. The van der Waals surface area contributed by atoms with Gasteiger partial charge in [-0.3, -0.25) is 14.2 Å². The zero-order valence-electron chi connectivity index (χ0n) is 10.1. The van der Waals surface area contributed by atoms with E-state index in [9.17, 15) is 9.59 Å². The van der Waals surface area contributed by atoms with Gasteiger partial charge in [0.15, 0.2) is 6.29 Å². The van der Waals surface area contributed by atoms with Crippen LogP contribution in [0.3, 0.4) is 0 Å². The first-order chi connectivity index (χ1) is 9.13. The average molecular weight is 276 g/mol. The number of hydrogen-bond donors (Lipinski definition) is 0. The lowest BCUT2D eigenvalue weighted by Crippen LogP contribution is -2.25. The maximum absolute atomic E-state index is 12.3. The topological polar surface area (TPSA) is 55.2 Å². The molecule has 3 rings (SSSR count). The number of hydrogen-bond acceptors (Lipinski definition) is 3. The number of amides is 1. The Bertz CT molecular complexity index is 693. The van der Waals surface area contributed by atoms with Crippen molar-refractivity contribution in [2.24, 2.45) is 0 Å². The number of benzene rings is 1. The quantitative estimate of drug-likeness (QED) is 0.747. The number of fused-ring (bicyclic) bond motifs is 3. The molecule has 1 aromatic heterocycles. The van der Waals surface area contributed by atoms with Gasteiger partial charge in [0.25, 0.3) is 5.91 Å². The lowest BCUT2D eigenvalue weighted by atomic mass is 10.1. The van der Waals surface area contributed by atoms with Crippen molar-refractivity contribution in [1.82, 2.24) is 14.5 Å². The van der Waals surface area contributed by atoms with Crippen LogP contribution >= 0.6 is 11.6 Å². The van der Waals surface area contributed by atoms with Gasteiger partial charge >= 0.3 is 0 Å². The van der Waals surface area contributed by atoms with E-state index in [1.165, 1.54) is 4.90 Å². The fourth-order valence-electron chi connectivity index (χ4n) is 2.26. The second-order valence-electron chi connectivity index (χ2n) is 4.36. The summed E-state index contributed by atoms with van der Waals surface area (Å²) in [6.07, 6.45) is 2.24. The van der Waals surface area contributed by atoms with Crippen LogP contribution in [0.4, 0.5) is 0 Å². The summed E-state index contributed by atoms with van der Waals surface area (Å²) >= 11 is 6.13. The number of imidazole rings is 1. The van der Waals surface area contributed by atoms with Crippen molar-refractivity contribution >= 4 is 23.8 Å². The summed E-state index contributed by atoms with van der Waals surface area (Å²) in [7, 11) is 1.67. The molecule has 0 bridgehead atoms. The molecular weight excluding hydrogens is 266 g/mol. The van der Waals surface area contributed by atoms with Crippen LogP contribution in [0.2, 0.25) is 5.02 Å². The van der Waals surface area contributed by atoms with Crippen molar-refractivity contribution in [3.8, 4) is 5.69 Å². The van der Waals surface area contributed by atoms with E-state index < -0.39 is 0 Å². The molecule has 0 saturated heterocycles. The maximum Gasteiger partial charge on any atom is 0.257 e. The average Bonchev–Trinajstić information content (AvgIpc) is 2.75. The molecular formula is C13H10ClN3O2. The molecule has 0 saturated carbocycles. The Morgan fingerprint density at radius 3 is 2.95 bits per heavy atom. The molecule has 1 aliphatic heterocycles. The third-order valence-corrected chi connectivity index (χ3v) is 3.52. The van der Waals surface area contributed by atoms with Gasteiger partial charge in [0.1, 0.15) is 12.0 Å². The Kier molecular flexibility index (Phi) is 2.64. The van der Waals surface area contributed by atoms with Crippen LogP contribution in [-0.2, 0) is 6.54 Å². The van der Waals surface area contributed by atoms with Crippen molar-refractivity contribution in [3.05, 3.63) is 46.5 Å².